The second-order valence-corrected chi connectivity index (χ2v) is 5.69. The maximum absolute atomic E-state index is 11.2. The fraction of sp³-hybridized carbons (Fsp3) is 0. The zero-order valence-corrected chi connectivity index (χ0v) is 13.0. The largest absolute Gasteiger partial charge is 0.290 e. The molecule has 0 aliphatic heterocycles. The molecule has 7 heteroatoms. The minimum absolute atomic E-state index is 0.0294. The van der Waals surface area contributed by atoms with E-state index in [-0.39, 0.29) is 5.69 Å². The van der Waals surface area contributed by atoms with Crippen molar-refractivity contribution < 1.29 is 4.92 Å². The van der Waals surface area contributed by atoms with Crippen LogP contribution in [0.4, 0.5) is 5.69 Å². The average Bonchev–Trinajstić information content (AvgIpc) is 2.34. The summed E-state index contributed by atoms with van der Waals surface area (Å²) in [5.74, 6) is 0. The SMILES string of the molecule is O=[N+]([O-])c1c(S)cccc1-c1cc(S)c(S)c(S)c1. The summed E-state index contributed by atoms with van der Waals surface area (Å²) in [4.78, 5) is 12.9. The number of benzene rings is 2. The lowest BCUT2D eigenvalue weighted by Gasteiger charge is -2.09. The molecule has 0 aromatic heterocycles. The lowest BCUT2D eigenvalue weighted by atomic mass is 10.0. The first-order chi connectivity index (χ1) is 8.91. The molecule has 0 fully saturated rings. The maximum Gasteiger partial charge on any atom is 0.290 e. The standard InChI is InChI=1S/C12H9NO2S4/c14-13(15)11-7(2-1-3-8(11)16)6-4-9(17)12(19)10(18)5-6/h1-5,16-19H. The fourth-order valence-corrected chi connectivity index (χ4v) is 2.74. The van der Waals surface area contributed by atoms with Crippen LogP contribution < -0.4 is 0 Å². The lowest BCUT2D eigenvalue weighted by molar-refractivity contribution is -0.387. The van der Waals surface area contributed by atoms with Crippen LogP contribution in [0.2, 0.25) is 0 Å². The highest BCUT2D eigenvalue weighted by atomic mass is 32.1. The molecule has 0 aliphatic carbocycles. The van der Waals surface area contributed by atoms with E-state index in [2.05, 4.69) is 50.5 Å². The van der Waals surface area contributed by atoms with Crippen LogP contribution in [-0.2, 0) is 0 Å². The number of nitro benzene ring substituents is 1. The Balaban J connectivity index is 2.73. The summed E-state index contributed by atoms with van der Waals surface area (Å²) in [6.45, 7) is 0. The van der Waals surface area contributed by atoms with Crippen LogP contribution in [0.15, 0.2) is 49.9 Å². The molecule has 0 bridgehead atoms. The second kappa shape index (κ2) is 5.70. The topological polar surface area (TPSA) is 43.1 Å². The highest BCUT2D eigenvalue weighted by molar-refractivity contribution is 7.85. The van der Waals surface area contributed by atoms with E-state index in [4.69, 9.17) is 0 Å². The molecule has 3 nitrogen and oxygen atoms in total. The molecule has 0 radical (unpaired) electrons. The number of thiol groups is 4. The molecule has 0 atom stereocenters. The van der Waals surface area contributed by atoms with Gasteiger partial charge in [-0.2, -0.15) is 0 Å². The van der Waals surface area contributed by atoms with Gasteiger partial charge in [0.25, 0.3) is 5.69 Å². The Bertz CT molecular complexity index is 650. The predicted octanol–water partition coefficient (Wildman–Crippen LogP) is 4.42. The summed E-state index contributed by atoms with van der Waals surface area (Å²) in [7, 11) is 0. The van der Waals surface area contributed by atoms with Crippen molar-refractivity contribution in [3.8, 4) is 11.1 Å². The van der Waals surface area contributed by atoms with Gasteiger partial charge >= 0.3 is 0 Å². The maximum atomic E-state index is 11.2. The number of hydrogen-bond acceptors (Lipinski definition) is 6. The van der Waals surface area contributed by atoms with Crippen LogP contribution in [0.25, 0.3) is 11.1 Å². The van der Waals surface area contributed by atoms with Gasteiger partial charge in [0.05, 0.1) is 15.4 Å². The van der Waals surface area contributed by atoms with E-state index in [0.717, 1.165) is 0 Å². The van der Waals surface area contributed by atoms with Gasteiger partial charge in [0.2, 0.25) is 0 Å². The van der Waals surface area contributed by atoms with Crippen LogP contribution in [0.1, 0.15) is 0 Å². The minimum Gasteiger partial charge on any atom is -0.258 e. The van der Waals surface area contributed by atoms with Gasteiger partial charge in [0.1, 0.15) is 0 Å². The van der Waals surface area contributed by atoms with Crippen LogP contribution >= 0.6 is 50.5 Å². The molecule has 0 N–H and O–H groups in total. The van der Waals surface area contributed by atoms with Gasteiger partial charge in [-0.1, -0.05) is 6.07 Å². The molecule has 0 saturated carbocycles. The molecule has 2 rings (SSSR count). The van der Waals surface area contributed by atoms with Crippen LogP contribution in [-0.4, -0.2) is 4.92 Å². The Kier molecular flexibility index (Phi) is 4.39. The summed E-state index contributed by atoms with van der Waals surface area (Å²) < 4.78 is 0. The zero-order chi connectivity index (χ0) is 14.2. The smallest absolute Gasteiger partial charge is 0.258 e. The van der Waals surface area contributed by atoms with Gasteiger partial charge in [-0.3, -0.25) is 10.1 Å². The molecule has 0 heterocycles. The Labute approximate surface area is 132 Å². The molecular formula is C12H9NO2S4. The Morgan fingerprint density at radius 3 is 2.05 bits per heavy atom. The van der Waals surface area contributed by atoms with Crippen molar-refractivity contribution in [3.63, 3.8) is 0 Å². The van der Waals surface area contributed by atoms with E-state index in [1.54, 1.807) is 30.3 Å². The van der Waals surface area contributed by atoms with Crippen molar-refractivity contribution in [1.82, 2.24) is 0 Å². The van der Waals surface area contributed by atoms with Gasteiger partial charge in [0.15, 0.2) is 0 Å². The van der Waals surface area contributed by atoms with Crippen molar-refractivity contribution in [3.05, 3.63) is 40.4 Å². The van der Waals surface area contributed by atoms with E-state index in [9.17, 15) is 10.1 Å². The molecule has 19 heavy (non-hydrogen) atoms. The van der Waals surface area contributed by atoms with E-state index < -0.39 is 4.92 Å². The average molecular weight is 327 g/mol. The summed E-state index contributed by atoms with van der Waals surface area (Å²) in [6.07, 6.45) is 0. The van der Waals surface area contributed by atoms with Crippen molar-refractivity contribution in [2.24, 2.45) is 0 Å². The van der Waals surface area contributed by atoms with Crippen LogP contribution in [0.3, 0.4) is 0 Å². The molecule has 0 unspecified atom stereocenters. The van der Waals surface area contributed by atoms with E-state index >= 15 is 0 Å². The quantitative estimate of drug-likeness (QED) is 0.375. The highest BCUT2D eigenvalue weighted by Crippen LogP contribution is 2.38. The molecule has 0 aliphatic rings. The molecule has 98 valence electrons. The molecule has 0 amide bonds. The first-order valence-electron chi connectivity index (χ1n) is 5.13. The van der Waals surface area contributed by atoms with Crippen LogP contribution in [0.5, 0.6) is 0 Å². The fourth-order valence-electron chi connectivity index (χ4n) is 1.72. The normalized spacial score (nSPS) is 10.5. The number of nitro groups is 1. The van der Waals surface area contributed by atoms with E-state index in [1.165, 1.54) is 0 Å². The third-order valence-electron chi connectivity index (χ3n) is 2.58. The summed E-state index contributed by atoms with van der Waals surface area (Å²) >= 11 is 17.0. The van der Waals surface area contributed by atoms with Crippen molar-refractivity contribution in [2.75, 3.05) is 0 Å². The van der Waals surface area contributed by atoms with Crippen LogP contribution in [0, 0.1) is 10.1 Å². The third kappa shape index (κ3) is 2.89. The molecule has 0 saturated heterocycles. The number of rotatable bonds is 2. The van der Waals surface area contributed by atoms with E-state index in [1.807, 2.05) is 0 Å². The monoisotopic (exact) mass is 327 g/mol. The van der Waals surface area contributed by atoms with Gasteiger partial charge in [-0.05, 0) is 29.8 Å². The van der Waals surface area contributed by atoms with Crippen molar-refractivity contribution in [1.29, 1.82) is 0 Å². The van der Waals surface area contributed by atoms with Crippen molar-refractivity contribution >= 4 is 56.2 Å². The first kappa shape index (κ1) is 14.6. The number of hydrogen-bond donors (Lipinski definition) is 4. The minimum atomic E-state index is -0.442. The summed E-state index contributed by atoms with van der Waals surface area (Å²) in [5.41, 5.74) is 1.12. The molecule has 2 aromatic rings. The van der Waals surface area contributed by atoms with Gasteiger partial charge in [0, 0.05) is 14.7 Å². The summed E-state index contributed by atoms with van der Waals surface area (Å²) in [5, 5.41) is 11.2. The Hall–Kier alpha value is -0.760. The Morgan fingerprint density at radius 1 is 0.947 bits per heavy atom. The molecular weight excluding hydrogens is 318 g/mol. The second-order valence-electron chi connectivity index (χ2n) is 3.79. The first-order valence-corrected chi connectivity index (χ1v) is 6.92. The molecule has 2 aromatic carbocycles. The van der Waals surface area contributed by atoms with Gasteiger partial charge < -0.3 is 0 Å². The molecule has 0 spiro atoms. The lowest BCUT2D eigenvalue weighted by Crippen LogP contribution is -1.94. The zero-order valence-electron chi connectivity index (χ0n) is 9.44. The van der Waals surface area contributed by atoms with E-state index in [0.29, 0.717) is 30.7 Å². The third-order valence-corrected chi connectivity index (χ3v) is 4.48. The van der Waals surface area contributed by atoms with Gasteiger partial charge in [-0.15, -0.1) is 50.5 Å². The van der Waals surface area contributed by atoms with Gasteiger partial charge in [-0.25, -0.2) is 0 Å². The van der Waals surface area contributed by atoms with Crippen molar-refractivity contribution in [2.45, 2.75) is 19.6 Å². The number of para-hydroxylation sites is 1. The Morgan fingerprint density at radius 2 is 1.53 bits per heavy atom. The highest BCUT2D eigenvalue weighted by Gasteiger charge is 2.19. The number of nitrogens with zero attached hydrogens (tertiary/aromatic N) is 1. The predicted molar refractivity (Wildman–Crippen MR) is 87.5 cm³/mol. The summed E-state index contributed by atoms with van der Waals surface area (Å²) in [6, 6.07) is 8.42.